The molecule has 8 N–H and O–H groups in total. The first-order valence-electron chi connectivity index (χ1n) is 49.9. The van der Waals surface area contributed by atoms with E-state index < -0.39 is 149 Å². The molecule has 0 radical (unpaired) electrons. The van der Waals surface area contributed by atoms with Crippen molar-refractivity contribution in [1.29, 1.82) is 0 Å². The number of carbonyl (C=O) groups excluding carboxylic acids is 6. The first-order chi connectivity index (χ1) is 58.2. The maximum absolute atomic E-state index is 15.0. The standard InChI is InChI=1S/C96H181N2O21P.3CH4/c1-7-13-19-25-31-37-39-40-42-48-54-59-65-70-85(102)113-78(67-61-55-49-43-33-27-21-15-9-3)73-83(100)97-89-92(107)91(106)82(116-95(89)108)77-112-96-90(98-84(101)74-79(68-62-56-50-44-34-28-22-16-10-4)114-86(103)71-64-58-52-46-36-30-24-18-12-6)94(93(81(76-99)117-96)119-120(109,110)111)118-88(105)75-80(69-63-57-51-45-35-29-23-17-11-5)115-87(104)72-66-60-53-47-41-38-32-26-20-14-8-2;;;/h78-82,89-96,99,106-108H,7-77H2,1-6H3,(H,97,100)(H,98,101)(H2,109,110,111);3*1H4/t78-,79-,80-,81?,82?,89?,90?,91-,92-,93-,94-,95?,96-;;;/m1.../s1. The first kappa shape index (κ1) is 122. The molecule has 0 bridgehead atoms. The van der Waals surface area contributed by atoms with E-state index in [2.05, 4.69) is 52.2 Å². The average Bonchev–Trinajstić information content (AvgIpc) is 0.778. The van der Waals surface area contributed by atoms with E-state index in [1.807, 2.05) is 0 Å². The van der Waals surface area contributed by atoms with Crippen LogP contribution < -0.4 is 10.6 Å². The quantitative estimate of drug-likeness (QED) is 0.0121. The van der Waals surface area contributed by atoms with Gasteiger partial charge in [-0.1, -0.05) is 411 Å². The summed E-state index contributed by atoms with van der Waals surface area (Å²) in [5, 5.41) is 51.8. The molecule has 2 heterocycles. The van der Waals surface area contributed by atoms with Crippen LogP contribution in [0.4, 0.5) is 0 Å². The van der Waals surface area contributed by atoms with Crippen molar-refractivity contribution in [2.45, 2.75) is 586 Å². The van der Waals surface area contributed by atoms with Crippen LogP contribution in [0.2, 0.25) is 0 Å². The second-order valence-corrected chi connectivity index (χ2v) is 36.7. The van der Waals surface area contributed by atoms with Crippen molar-refractivity contribution in [3.8, 4) is 0 Å². The number of rotatable bonds is 84. The maximum Gasteiger partial charge on any atom is 0.470 e. The molecular formula is C99H193N2O21P. The van der Waals surface area contributed by atoms with E-state index in [-0.39, 0.29) is 54.4 Å². The molecule has 0 aromatic heterocycles. The second kappa shape index (κ2) is 83.0. The molecule has 24 heteroatoms. The van der Waals surface area contributed by atoms with Gasteiger partial charge in [0.25, 0.3) is 0 Å². The molecule has 2 fully saturated rings. The number of nitrogens with one attached hydrogen (secondary N) is 2. The Morgan fingerprint density at radius 3 is 0.886 bits per heavy atom. The van der Waals surface area contributed by atoms with Crippen LogP contribution >= 0.6 is 7.82 Å². The van der Waals surface area contributed by atoms with E-state index in [0.717, 1.165) is 173 Å². The number of aliphatic hydroxyl groups is 4. The summed E-state index contributed by atoms with van der Waals surface area (Å²) in [5.74, 6) is -3.84. The summed E-state index contributed by atoms with van der Waals surface area (Å²) >= 11 is 0. The number of esters is 4. The van der Waals surface area contributed by atoms with Crippen molar-refractivity contribution in [3.63, 3.8) is 0 Å². The van der Waals surface area contributed by atoms with E-state index in [1.54, 1.807) is 0 Å². The summed E-state index contributed by atoms with van der Waals surface area (Å²) in [6.07, 6.45) is 46.8. The summed E-state index contributed by atoms with van der Waals surface area (Å²) in [4.78, 5) is 106. The van der Waals surface area contributed by atoms with Gasteiger partial charge in [-0.05, 0) is 57.8 Å². The Balaban J connectivity index is 0. The Morgan fingerprint density at radius 2 is 0.602 bits per heavy atom. The van der Waals surface area contributed by atoms with E-state index in [1.165, 1.54) is 173 Å². The van der Waals surface area contributed by atoms with Crippen molar-refractivity contribution in [2.75, 3.05) is 13.2 Å². The number of phosphoric acid groups is 1. The fraction of sp³-hybridized carbons (Fsp3) is 0.939. The van der Waals surface area contributed by atoms with Crippen LogP contribution in [0.5, 0.6) is 0 Å². The Kier molecular flexibility index (Phi) is 82.1. The zero-order valence-electron chi connectivity index (χ0n) is 77.0. The summed E-state index contributed by atoms with van der Waals surface area (Å²) < 4.78 is 61.4. The van der Waals surface area contributed by atoms with Crippen LogP contribution in [0.15, 0.2) is 0 Å². The molecular weight excluding hydrogens is 1580 g/mol. The zero-order chi connectivity index (χ0) is 87.7. The van der Waals surface area contributed by atoms with Gasteiger partial charge in [-0.15, -0.1) is 0 Å². The topological polar surface area (TPSA) is 339 Å². The molecule has 2 amide bonds. The number of hydrogen-bond acceptors (Lipinski definition) is 19. The Morgan fingerprint density at radius 1 is 0.333 bits per heavy atom. The third kappa shape index (κ3) is 65.8. The highest BCUT2D eigenvalue weighted by Crippen LogP contribution is 2.43. The number of amides is 2. The van der Waals surface area contributed by atoms with Crippen molar-refractivity contribution in [1.82, 2.24) is 10.6 Å². The second-order valence-electron chi connectivity index (χ2n) is 35.5. The molecule has 2 rings (SSSR count). The molecule has 2 saturated heterocycles. The van der Waals surface area contributed by atoms with Gasteiger partial charge in [-0.3, -0.25) is 33.3 Å². The third-order valence-electron chi connectivity index (χ3n) is 24.1. The highest BCUT2D eigenvalue weighted by molar-refractivity contribution is 7.46. The van der Waals surface area contributed by atoms with Gasteiger partial charge >= 0.3 is 31.7 Å². The van der Waals surface area contributed by atoms with E-state index in [4.69, 9.17) is 37.7 Å². The predicted molar refractivity (Wildman–Crippen MR) is 498 cm³/mol. The van der Waals surface area contributed by atoms with Crippen molar-refractivity contribution >= 4 is 43.5 Å². The Bertz CT molecular complexity index is 2520. The number of unbranched alkanes of at least 4 members (excludes halogenated alkanes) is 54. The minimum atomic E-state index is -5.58. The summed E-state index contributed by atoms with van der Waals surface area (Å²) in [5.41, 5.74) is 0. The lowest BCUT2D eigenvalue weighted by atomic mass is 9.95. The van der Waals surface area contributed by atoms with Gasteiger partial charge < -0.3 is 74.0 Å². The van der Waals surface area contributed by atoms with Crippen LogP contribution in [0.25, 0.3) is 0 Å². The van der Waals surface area contributed by atoms with Gasteiger partial charge in [0.15, 0.2) is 18.7 Å². The Labute approximate surface area is 751 Å². The van der Waals surface area contributed by atoms with Gasteiger partial charge in [-0.25, -0.2) is 4.57 Å². The molecule has 23 nitrogen and oxygen atoms in total. The molecule has 0 aromatic rings. The van der Waals surface area contributed by atoms with Crippen LogP contribution in [-0.4, -0.2) is 159 Å². The number of aliphatic hydroxyl groups excluding tert-OH is 4. The number of carbonyl (C=O) groups is 6. The summed E-state index contributed by atoms with van der Waals surface area (Å²) in [7, 11) is -5.58. The third-order valence-corrected chi connectivity index (χ3v) is 24.6. The number of ether oxygens (including phenoxy) is 7. The molecule has 2 aliphatic rings. The molecule has 0 spiro atoms. The molecule has 2 aliphatic heterocycles. The van der Waals surface area contributed by atoms with Crippen molar-refractivity contribution < 1.29 is 101 Å². The summed E-state index contributed by atoms with van der Waals surface area (Å²) in [6.45, 7) is 11.4. The molecule has 730 valence electrons. The van der Waals surface area contributed by atoms with E-state index in [0.29, 0.717) is 51.4 Å². The van der Waals surface area contributed by atoms with Crippen LogP contribution in [0.3, 0.4) is 0 Å². The normalized spacial score (nSPS) is 19.7. The zero-order valence-corrected chi connectivity index (χ0v) is 77.9. The predicted octanol–water partition coefficient (Wildman–Crippen LogP) is 24.2. The van der Waals surface area contributed by atoms with Crippen molar-refractivity contribution in [3.05, 3.63) is 0 Å². The van der Waals surface area contributed by atoms with Crippen LogP contribution in [0, 0.1) is 0 Å². The molecule has 0 aliphatic carbocycles. The minimum Gasteiger partial charge on any atom is -0.462 e. The molecule has 0 aromatic carbocycles. The maximum atomic E-state index is 15.0. The molecule has 0 saturated carbocycles. The fourth-order valence-electron chi connectivity index (χ4n) is 16.7. The number of hydrogen-bond donors (Lipinski definition) is 8. The summed E-state index contributed by atoms with van der Waals surface area (Å²) in [6, 6.07) is -3.37. The molecule has 13 atom stereocenters. The average molecular weight is 1780 g/mol. The highest BCUT2D eigenvalue weighted by atomic mass is 31.2. The lowest BCUT2D eigenvalue weighted by Gasteiger charge is -2.46. The molecule has 123 heavy (non-hydrogen) atoms. The van der Waals surface area contributed by atoms with E-state index in [9.17, 15) is 63.5 Å². The van der Waals surface area contributed by atoms with Crippen LogP contribution in [0.1, 0.15) is 507 Å². The largest absolute Gasteiger partial charge is 0.470 e. The van der Waals surface area contributed by atoms with Gasteiger partial charge in [0.1, 0.15) is 60.9 Å². The minimum absolute atomic E-state index is 0. The highest BCUT2D eigenvalue weighted by Gasteiger charge is 2.53. The first-order valence-corrected chi connectivity index (χ1v) is 51.4. The smallest absolute Gasteiger partial charge is 0.462 e. The fourth-order valence-corrected chi connectivity index (χ4v) is 17.3. The van der Waals surface area contributed by atoms with Gasteiger partial charge in [-0.2, -0.15) is 0 Å². The number of phosphoric ester groups is 1. The van der Waals surface area contributed by atoms with Crippen molar-refractivity contribution in [2.24, 2.45) is 0 Å². The monoisotopic (exact) mass is 1780 g/mol. The Hall–Kier alpha value is -3.35. The van der Waals surface area contributed by atoms with Crippen LogP contribution in [-0.2, 0) is 71.0 Å². The van der Waals surface area contributed by atoms with Gasteiger partial charge in [0, 0.05) is 19.3 Å². The van der Waals surface area contributed by atoms with Gasteiger partial charge in [0.05, 0.1) is 32.5 Å². The van der Waals surface area contributed by atoms with E-state index >= 15 is 0 Å². The lowest BCUT2D eigenvalue weighted by molar-refractivity contribution is -0.297. The molecule has 5 unspecified atom stereocenters. The van der Waals surface area contributed by atoms with Gasteiger partial charge in [0.2, 0.25) is 11.8 Å². The SMILES string of the molecule is C.C.C.CCCCCCCCCCCCCCCC(=O)O[C@H](CCCCCCCCCCC)CC(=O)NC1C(O)OC(CO[C@@H]2OC(CO)[C@@H](OP(=O)(O)O)[C@H](OC(=O)C[C@@H](CCCCCCCCCCC)OC(=O)CCCCCCCCCCCCC)C2NC(=O)C[C@@H](CCCCCCCCCCC)OC(=O)CCCCCCCCCCC)[C@@H](O)[C@@H]1O. The lowest BCUT2D eigenvalue weighted by Crippen LogP contribution is -2.67.